The highest BCUT2D eigenvalue weighted by atomic mass is 16.7. The molecule has 0 aliphatic heterocycles. The lowest BCUT2D eigenvalue weighted by Crippen LogP contribution is -2.45. The number of pyridine rings is 1. The molecule has 0 spiro atoms. The van der Waals surface area contributed by atoms with Gasteiger partial charge in [-0.1, -0.05) is 57.0 Å². The van der Waals surface area contributed by atoms with Gasteiger partial charge in [-0.25, -0.2) is 0 Å². The van der Waals surface area contributed by atoms with Crippen molar-refractivity contribution in [2.24, 2.45) is 5.92 Å². The number of hydrogen-bond acceptors (Lipinski definition) is 1. The number of rotatable bonds is 7. The molecule has 0 aliphatic rings. The summed E-state index contributed by atoms with van der Waals surface area (Å²) in [4.78, 5) is 6.19. The molecule has 0 saturated carbocycles. The van der Waals surface area contributed by atoms with Crippen LogP contribution in [-0.4, -0.2) is 6.61 Å². The fourth-order valence-electron chi connectivity index (χ4n) is 3.13. The summed E-state index contributed by atoms with van der Waals surface area (Å²) in [6.45, 7) is 5.29. The first-order chi connectivity index (χ1) is 11.3. The predicted octanol–water partition coefficient (Wildman–Crippen LogP) is 4.93. The zero-order valence-electron chi connectivity index (χ0n) is 14.2. The summed E-state index contributed by atoms with van der Waals surface area (Å²) in [7, 11) is 0. The lowest BCUT2D eigenvalue weighted by atomic mass is 10.0. The summed E-state index contributed by atoms with van der Waals surface area (Å²) in [5.41, 5.74) is 1.14. The Morgan fingerprint density at radius 1 is 0.957 bits per heavy atom. The molecule has 1 heterocycles. The predicted molar refractivity (Wildman–Crippen MR) is 96.4 cm³/mol. The van der Waals surface area contributed by atoms with Crippen molar-refractivity contribution in [3.63, 3.8) is 0 Å². The second-order valence-electron chi connectivity index (χ2n) is 6.27. The summed E-state index contributed by atoms with van der Waals surface area (Å²) >= 11 is 0. The van der Waals surface area contributed by atoms with Crippen molar-refractivity contribution in [3.8, 4) is 0 Å². The second-order valence-corrected chi connectivity index (χ2v) is 6.27. The van der Waals surface area contributed by atoms with Gasteiger partial charge in [-0.2, -0.15) is 0 Å². The van der Waals surface area contributed by atoms with E-state index in [1.54, 1.807) is 0 Å². The average Bonchev–Trinajstić information content (AvgIpc) is 2.62. The number of fused-ring (bicyclic) bond motifs is 3. The normalized spacial score (nSPS) is 12.6. The molecular weight excluding hydrogens is 282 g/mol. The van der Waals surface area contributed by atoms with E-state index in [9.17, 15) is 0 Å². The molecule has 2 aromatic carbocycles. The average molecular weight is 308 g/mol. The van der Waals surface area contributed by atoms with E-state index in [4.69, 9.17) is 4.84 Å². The topological polar surface area (TPSA) is 13.1 Å². The molecule has 0 N–H and O–H groups in total. The molecule has 1 atom stereocenters. The minimum absolute atomic E-state index is 0.632. The van der Waals surface area contributed by atoms with Gasteiger partial charge in [-0.3, -0.25) is 4.84 Å². The largest absolute Gasteiger partial charge is 0.270 e. The van der Waals surface area contributed by atoms with Crippen LogP contribution in [0.5, 0.6) is 0 Å². The van der Waals surface area contributed by atoms with E-state index in [-0.39, 0.29) is 0 Å². The lowest BCUT2D eigenvalue weighted by molar-refractivity contribution is -0.871. The molecule has 3 rings (SSSR count). The summed E-state index contributed by atoms with van der Waals surface area (Å²) in [6, 6.07) is 17.0. The zero-order valence-corrected chi connectivity index (χ0v) is 14.2. The van der Waals surface area contributed by atoms with E-state index in [1.807, 2.05) is 4.73 Å². The van der Waals surface area contributed by atoms with Crippen LogP contribution in [-0.2, 0) is 0 Å². The van der Waals surface area contributed by atoms with Gasteiger partial charge in [0.15, 0.2) is 6.61 Å². The minimum Gasteiger partial charge on any atom is -0.270 e. The van der Waals surface area contributed by atoms with Gasteiger partial charge in [0.1, 0.15) is 0 Å². The van der Waals surface area contributed by atoms with Gasteiger partial charge in [-0.05, 0) is 30.9 Å². The molecular formula is C21H26NO+. The second kappa shape index (κ2) is 7.45. The van der Waals surface area contributed by atoms with Crippen LogP contribution >= 0.6 is 0 Å². The number of unbranched alkanes of at least 4 members (excludes halogenated alkanes) is 1. The highest BCUT2D eigenvalue weighted by Gasteiger charge is 2.16. The van der Waals surface area contributed by atoms with Crippen molar-refractivity contribution >= 4 is 21.7 Å². The quantitative estimate of drug-likeness (QED) is 0.446. The molecule has 0 radical (unpaired) electrons. The van der Waals surface area contributed by atoms with Crippen molar-refractivity contribution < 1.29 is 9.57 Å². The van der Waals surface area contributed by atoms with E-state index in [2.05, 4.69) is 68.6 Å². The minimum atomic E-state index is 0.632. The fraction of sp³-hybridized carbons (Fsp3) is 0.381. The van der Waals surface area contributed by atoms with Crippen LogP contribution in [0, 0.1) is 5.92 Å². The van der Waals surface area contributed by atoms with Gasteiger partial charge < -0.3 is 0 Å². The number of aromatic nitrogens is 1. The molecule has 1 aromatic heterocycles. The van der Waals surface area contributed by atoms with Crippen LogP contribution in [0.1, 0.15) is 39.5 Å². The molecule has 2 heteroatoms. The maximum Gasteiger partial charge on any atom is 0.265 e. The van der Waals surface area contributed by atoms with Gasteiger partial charge in [0.2, 0.25) is 6.20 Å². The Morgan fingerprint density at radius 2 is 1.70 bits per heavy atom. The fourth-order valence-corrected chi connectivity index (χ4v) is 3.13. The standard InChI is InChI=1S/C21H26NO/c1-3-5-10-17(4-2)16-23-22-15-18-11-6-7-12-19(18)20-13-8-9-14-21(20)22/h6-9,11-15,17H,3-5,10,16H2,1-2H3/q+1. The molecule has 0 aliphatic carbocycles. The maximum absolute atomic E-state index is 6.19. The Balaban J connectivity index is 1.93. The third-order valence-corrected chi connectivity index (χ3v) is 4.64. The summed E-state index contributed by atoms with van der Waals surface area (Å²) in [5.74, 6) is 0.632. The van der Waals surface area contributed by atoms with Crippen LogP contribution < -0.4 is 9.57 Å². The van der Waals surface area contributed by atoms with E-state index in [0.717, 1.165) is 12.1 Å². The van der Waals surface area contributed by atoms with E-state index >= 15 is 0 Å². The van der Waals surface area contributed by atoms with Crippen molar-refractivity contribution in [2.75, 3.05) is 6.61 Å². The molecule has 0 saturated heterocycles. The third-order valence-electron chi connectivity index (χ3n) is 4.64. The van der Waals surface area contributed by atoms with E-state index < -0.39 is 0 Å². The Morgan fingerprint density at radius 3 is 2.48 bits per heavy atom. The molecule has 120 valence electrons. The zero-order chi connectivity index (χ0) is 16.1. The Hall–Kier alpha value is -2.09. The molecule has 2 nitrogen and oxygen atoms in total. The number of hydrogen-bond donors (Lipinski definition) is 0. The SMILES string of the molecule is CCCCC(CC)CO[n+]1cc2ccccc2c2ccccc21. The lowest BCUT2D eigenvalue weighted by Gasteiger charge is -2.12. The smallest absolute Gasteiger partial charge is 0.265 e. The summed E-state index contributed by atoms with van der Waals surface area (Å²) < 4.78 is 1.96. The Kier molecular flexibility index (Phi) is 5.12. The van der Waals surface area contributed by atoms with E-state index in [0.29, 0.717) is 5.92 Å². The molecule has 23 heavy (non-hydrogen) atoms. The number of benzene rings is 2. The van der Waals surface area contributed by atoms with Gasteiger partial charge in [0, 0.05) is 16.2 Å². The van der Waals surface area contributed by atoms with Crippen LogP contribution in [0.3, 0.4) is 0 Å². The highest BCUT2D eigenvalue weighted by molar-refractivity contribution is 6.03. The van der Waals surface area contributed by atoms with Crippen LogP contribution in [0.4, 0.5) is 0 Å². The summed E-state index contributed by atoms with van der Waals surface area (Å²) in [5, 5.41) is 3.74. The number of para-hydroxylation sites is 1. The van der Waals surface area contributed by atoms with Crippen molar-refractivity contribution in [3.05, 3.63) is 54.7 Å². The molecule has 3 aromatic rings. The van der Waals surface area contributed by atoms with Crippen molar-refractivity contribution in [1.29, 1.82) is 0 Å². The first-order valence-corrected chi connectivity index (χ1v) is 8.79. The first kappa shape index (κ1) is 15.8. The van der Waals surface area contributed by atoms with Gasteiger partial charge >= 0.3 is 0 Å². The molecule has 1 unspecified atom stereocenters. The Labute approximate surface area is 138 Å². The Bertz CT molecular complexity index is 781. The first-order valence-electron chi connectivity index (χ1n) is 8.79. The van der Waals surface area contributed by atoms with E-state index in [1.165, 1.54) is 41.8 Å². The van der Waals surface area contributed by atoms with Crippen LogP contribution in [0.2, 0.25) is 0 Å². The van der Waals surface area contributed by atoms with Crippen LogP contribution in [0.15, 0.2) is 54.7 Å². The highest BCUT2D eigenvalue weighted by Crippen LogP contribution is 2.21. The van der Waals surface area contributed by atoms with Crippen molar-refractivity contribution in [2.45, 2.75) is 39.5 Å². The molecule has 0 amide bonds. The maximum atomic E-state index is 6.19. The molecule has 0 bridgehead atoms. The number of nitrogens with zero attached hydrogens (tertiary/aromatic N) is 1. The van der Waals surface area contributed by atoms with Crippen molar-refractivity contribution in [1.82, 2.24) is 0 Å². The van der Waals surface area contributed by atoms with Gasteiger partial charge in [0.25, 0.3) is 5.52 Å². The van der Waals surface area contributed by atoms with Gasteiger partial charge in [0.05, 0.1) is 10.8 Å². The molecule has 0 fully saturated rings. The monoisotopic (exact) mass is 308 g/mol. The summed E-state index contributed by atoms with van der Waals surface area (Å²) in [6.07, 6.45) is 7.07. The van der Waals surface area contributed by atoms with Gasteiger partial charge in [-0.15, -0.1) is 0 Å². The third kappa shape index (κ3) is 3.47. The van der Waals surface area contributed by atoms with Crippen LogP contribution in [0.25, 0.3) is 21.7 Å².